The molecule has 0 aliphatic heterocycles. The number of hydrogen-bond donors (Lipinski definition) is 0. The van der Waals surface area contributed by atoms with Gasteiger partial charge < -0.3 is 0 Å². The van der Waals surface area contributed by atoms with E-state index in [0.717, 1.165) is 12.8 Å². The van der Waals surface area contributed by atoms with Crippen LogP contribution in [0.4, 0.5) is 0 Å². The van der Waals surface area contributed by atoms with Crippen molar-refractivity contribution in [2.45, 2.75) is 134 Å². The molecule has 0 radical (unpaired) electrons. The monoisotopic (exact) mass is 518 g/mol. The Morgan fingerprint density at radius 2 is 0.526 bits per heavy atom. The van der Waals surface area contributed by atoms with Gasteiger partial charge >= 0.3 is 0 Å². The molecule has 0 atom stereocenters. The van der Waals surface area contributed by atoms with Crippen molar-refractivity contribution in [1.29, 1.82) is 0 Å². The van der Waals surface area contributed by atoms with Gasteiger partial charge in [0.05, 0.1) is 0 Å². The molecule has 2 aromatic carbocycles. The normalized spacial score (nSPS) is 12.5. The Hall–Kier alpha value is -1.56. The van der Waals surface area contributed by atoms with Gasteiger partial charge in [-0.2, -0.15) is 0 Å². The second-order valence-electron chi connectivity index (χ2n) is 14.9. The second-order valence-corrected chi connectivity index (χ2v) is 14.9. The van der Waals surface area contributed by atoms with Crippen LogP contribution in [-0.4, -0.2) is 0 Å². The topological polar surface area (TPSA) is 0 Å². The van der Waals surface area contributed by atoms with Gasteiger partial charge in [-0.1, -0.05) is 114 Å². The Morgan fingerprint density at radius 3 is 0.763 bits per heavy atom. The lowest BCUT2D eigenvalue weighted by Gasteiger charge is -2.27. The summed E-state index contributed by atoms with van der Waals surface area (Å²) < 4.78 is 0. The minimum atomic E-state index is 0.413. The first kappa shape index (κ1) is 32.7. The molecule has 0 saturated heterocycles. The summed E-state index contributed by atoms with van der Waals surface area (Å²) in [6, 6.07) is 10.5. The number of hydrogen-bond acceptors (Lipinski definition) is 0. The first-order valence-electron chi connectivity index (χ1n) is 16.0. The summed E-state index contributed by atoms with van der Waals surface area (Å²) in [5, 5.41) is 0. The summed E-state index contributed by atoms with van der Waals surface area (Å²) in [7, 11) is 0. The largest absolute Gasteiger partial charge is 0.0625 e. The molecule has 214 valence electrons. The van der Waals surface area contributed by atoms with Gasteiger partial charge in [-0.25, -0.2) is 0 Å². The van der Waals surface area contributed by atoms with Crippen molar-refractivity contribution in [3.63, 3.8) is 0 Å². The maximum absolute atomic E-state index is 2.64. The molecule has 0 saturated carbocycles. The average molecular weight is 519 g/mol. The van der Waals surface area contributed by atoms with Gasteiger partial charge in [0.15, 0.2) is 0 Å². The van der Waals surface area contributed by atoms with Crippen molar-refractivity contribution in [2.24, 2.45) is 35.5 Å². The van der Waals surface area contributed by atoms with E-state index in [0.29, 0.717) is 41.4 Å². The summed E-state index contributed by atoms with van der Waals surface area (Å²) >= 11 is 0. The second kappa shape index (κ2) is 14.7. The highest BCUT2D eigenvalue weighted by Gasteiger charge is 2.22. The zero-order valence-corrected chi connectivity index (χ0v) is 27.6. The van der Waals surface area contributed by atoms with E-state index >= 15 is 0 Å². The summed E-state index contributed by atoms with van der Waals surface area (Å²) in [4.78, 5) is 0. The molecule has 0 fully saturated rings. The molecule has 0 aliphatic carbocycles. The molecule has 0 N–H and O–H groups in total. The molecule has 38 heavy (non-hydrogen) atoms. The van der Waals surface area contributed by atoms with Gasteiger partial charge in [-0.3, -0.25) is 0 Å². The van der Waals surface area contributed by atoms with Crippen molar-refractivity contribution in [3.8, 4) is 0 Å². The van der Waals surface area contributed by atoms with Crippen LogP contribution in [0.5, 0.6) is 0 Å². The Morgan fingerprint density at radius 1 is 0.316 bits per heavy atom. The van der Waals surface area contributed by atoms with Crippen LogP contribution in [0.25, 0.3) is 0 Å². The molecular weight excluding hydrogens is 456 g/mol. The predicted molar refractivity (Wildman–Crippen MR) is 172 cm³/mol. The third-order valence-electron chi connectivity index (χ3n) is 7.62. The molecule has 0 unspecified atom stereocenters. The van der Waals surface area contributed by atoms with E-state index in [4.69, 9.17) is 0 Å². The molecular formula is C38H62. The van der Waals surface area contributed by atoms with Crippen LogP contribution in [0, 0.1) is 35.5 Å². The predicted octanol–water partition coefficient (Wildman–Crippen LogP) is 11.0. The number of rotatable bonds is 14. The summed E-state index contributed by atoms with van der Waals surface area (Å²) in [5.41, 5.74) is 12.7. The quantitative estimate of drug-likeness (QED) is 0.233. The van der Waals surface area contributed by atoms with Crippen molar-refractivity contribution in [2.75, 3.05) is 0 Å². The van der Waals surface area contributed by atoms with E-state index in [1.807, 2.05) is 0 Å². The van der Waals surface area contributed by atoms with Crippen LogP contribution in [0.15, 0.2) is 24.3 Å². The lowest BCUT2D eigenvalue weighted by molar-refractivity contribution is 0.603. The van der Waals surface area contributed by atoms with E-state index < -0.39 is 0 Å². The molecule has 0 aromatic heterocycles. The first-order chi connectivity index (χ1) is 17.7. The molecule has 0 aliphatic rings. The third kappa shape index (κ3) is 9.88. The Bertz CT molecular complexity index is 918. The molecule has 0 heterocycles. The van der Waals surface area contributed by atoms with Gasteiger partial charge in [0.25, 0.3) is 0 Å². The van der Waals surface area contributed by atoms with Crippen molar-refractivity contribution < 1.29 is 0 Å². The zero-order chi connectivity index (χ0) is 28.7. The van der Waals surface area contributed by atoms with Crippen LogP contribution in [0.2, 0.25) is 0 Å². The lowest BCUT2D eigenvalue weighted by atomic mass is 9.78. The molecule has 0 spiro atoms. The van der Waals surface area contributed by atoms with Crippen LogP contribution >= 0.6 is 0 Å². The lowest BCUT2D eigenvalue weighted by Crippen LogP contribution is -2.14. The van der Waals surface area contributed by atoms with Crippen LogP contribution in [-0.2, 0) is 38.5 Å². The van der Waals surface area contributed by atoms with E-state index in [9.17, 15) is 0 Å². The Kier molecular flexibility index (Phi) is 12.6. The van der Waals surface area contributed by atoms with E-state index in [1.54, 1.807) is 44.5 Å². The molecule has 0 bridgehead atoms. The van der Waals surface area contributed by atoms with Crippen LogP contribution < -0.4 is 0 Å². The zero-order valence-electron chi connectivity index (χ0n) is 27.6. The maximum Gasteiger partial charge on any atom is 0.00666 e. The van der Waals surface area contributed by atoms with Crippen LogP contribution in [0.1, 0.15) is 140 Å². The average Bonchev–Trinajstić information content (AvgIpc) is 2.74. The van der Waals surface area contributed by atoms with E-state index in [2.05, 4.69) is 114 Å². The molecule has 0 amide bonds. The fraction of sp³-hybridized carbons (Fsp3) is 0.684. The molecule has 0 heteroatoms. The molecule has 2 rings (SSSR count). The smallest absolute Gasteiger partial charge is 0.00666 e. The van der Waals surface area contributed by atoms with Gasteiger partial charge in [-0.15, -0.1) is 0 Å². The number of benzene rings is 2. The third-order valence-corrected chi connectivity index (χ3v) is 7.62. The first-order valence-corrected chi connectivity index (χ1v) is 16.0. The minimum Gasteiger partial charge on any atom is -0.0625 e. The molecule has 2 aromatic rings. The molecule has 0 nitrogen and oxygen atoms in total. The Labute approximate surface area is 238 Å². The van der Waals surface area contributed by atoms with Gasteiger partial charge in [0.2, 0.25) is 0 Å². The van der Waals surface area contributed by atoms with Crippen LogP contribution in [0.3, 0.4) is 0 Å². The maximum atomic E-state index is 2.64. The van der Waals surface area contributed by atoms with Gasteiger partial charge in [-0.05, 0) is 119 Å². The minimum absolute atomic E-state index is 0.413. The summed E-state index contributed by atoms with van der Waals surface area (Å²) in [6.07, 6.45) is 7.04. The Balaban J connectivity index is 2.79. The van der Waals surface area contributed by atoms with Crippen molar-refractivity contribution in [1.82, 2.24) is 0 Å². The van der Waals surface area contributed by atoms with E-state index in [-0.39, 0.29) is 0 Å². The fourth-order valence-corrected chi connectivity index (χ4v) is 6.25. The highest BCUT2D eigenvalue weighted by molar-refractivity contribution is 5.49. The van der Waals surface area contributed by atoms with Crippen molar-refractivity contribution in [3.05, 3.63) is 68.8 Å². The summed E-state index contributed by atoms with van der Waals surface area (Å²) in [6.45, 7) is 31.0. The SMILES string of the molecule is CC(C)Cc1cc(CC(C)C)c(C(C)c2cc(CC(C)C)c(CC(C)C)cc2CC(C)C)cc1CC(C)C. The van der Waals surface area contributed by atoms with Gasteiger partial charge in [0.1, 0.15) is 0 Å². The van der Waals surface area contributed by atoms with Crippen molar-refractivity contribution >= 4 is 0 Å². The highest BCUT2D eigenvalue weighted by Crippen LogP contribution is 2.37. The highest BCUT2D eigenvalue weighted by atomic mass is 14.3. The standard InChI is InChI=1S/C38H62/c1-24(2)14-31-20-35(18-28(9)10)37(22-33(31)16-26(5)6)30(13)38-23-34(17-27(7)8)32(15-25(3)4)21-36(38)19-29(11)12/h20-30H,14-19H2,1-13H3. The fourth-order valence-electron chi connectivity index (χ4n) is 6.25. The summed E-state index contributed by atoms with van der Waals surface area (Å²) in [5.74, 6) is 4.43. The van der Waals surface area contributed by atoms with Gasteiger partial charge in [0, 0.05) is 5.92 Å². The van der Waals surface area contributed by atoms with E-state index in [1.165, 1.54) is 25.7 Å².